The van der Waals surface area contributed by atoms with E-state index in [0.29, 0.717) is 27.8 Å². The molecule has 0 aliphatic heterocycles. The second-order valence-corrected chi connectivity index (χ2v) is 11.5. The van der Waals surface area contributed by atoms with Gasteiger partial charge in [0.15, 0.2) is 5.13 Å². The lowest BCUT2D eigenvalue weighted by atomic mass is 10.2. The molecule has 0 unspecified atom stereocenters. The second kappa shape index (κ2) is 13.3. The lowest BCUT2D eigenvalue weighted by Gasteiger charge is -2.22. The number of carbonyl (C=O) groups is 1. The van der Waals surface area contributed by atoms with Crippen LogP contribution in [0.5, 0.6) is 0 Å². The Kier molecular flexibility index (Phi) is 11.1. The van der Waals surface area contributed by atoms with E-state index in [1.54, 1.807) is 11.0 Å². The maximum absolute atomic E-state index is 13.5. The van der Waals surface area contributed by atoms with Crippen LogP contribution in [0.2, 0.25) is 5.02 Å². The highest BCUT2D eigenvalue weighted by Crippen LogP contribution is 2.33. The Labute approximate surface area is 228 Å². The number of para-hydroxylation sites is 1. The third-order valence-corrected chi connectivity index (χ3v) is 8.42. The van der Waals surface area contributed by atoms with Gasteiger partial charge in [0.2, 0.25) is 10.0 Å². The zero-order chi connectivity index (χ0) is 25.6. The zero-order valence-electron chi connectivity index (χ0n) is 20.3. The lowest BCUT2D eigenvalue weighted by Crippen LogP contribution is -2.33. The fourth-order valence-electron chi connectivity index (χ4n) is 3.48. The summed E-state index contributed by atoms with van der Waals surface area (Å²) in [6.45, 7) is 8.83. The second-order valence-electron chi connectivity index (χ2n) is 8.12. The number of amides is 1. The number of carbonyl (C=O) groups excluding carboxylic acids is 1. The highest BCUT2D eigenvalue weighted by atomic mass is 35.5. The van der Waals surface area contributed by atoms with Crippen molar-refractivity contribution >= 4 is 66.6 Å². The van der Waals surface area contributed by atoms with Crippen molar-refractivity contribution in [3.63, 3.8) is 0 Å². The first kappa shape index (κ1) is 30.0. The number of aromatic nitrogens is 1. The van der Waals surface area contributed by atoms with E-state index in [1.165, 1.54) is 52.1 Å². The fraction of sp³-hybridized carbons (Fsp3) is 0.280. The van der Waals surface area contributed by atoms with Gasteiger partial charge in [0.05, 0.1) is 14.6 Å². The molecule has 1 heterocycles. The van der Waals surface area contributed by atoms with Gasteiger partial charge >= 0.3 is 0 Å². The first-order chi connectivity index (χ1) is 16.7. The van der Waals surface area contributed by atoms with Gasteiger partial charge in [0.1, 0.15) is 5.52 Å². The summed E-state index contributed by atoms with van der Waals surface area (Å²) in [5, 5.41) is 1.08. The van der Waals surface area contributed by atoms with Crippen LogP contribution < -0.4 is 4.90 Å². The average molecular weight is 570 g/mol. The summed E-state index contributed by atoms with van der Waals surface area (Å²) < 4.78 is 28.1. The number of fused-ring (bicyclic) bond motifs is 1. The highest BCUT2D eigenvalue weighted by Gasteiger charge is 2.25. The minimum absolute atomic E-state index is 0. The molecule has 7 nitrogen and oxygen atoms in total. The lowest BCUT2D eigenvalue weighted by molar-refractivity contribution is 0.0986. The molecule has 0 aliphatic rings. The smallest absolute Gasteiger partial charge is 0.260 e. The summed E-state index contributed by atoms with van der Waals surface area (Å²) >= 11 is 7.71. The number of rotatable bonds is 12. The Morgan fingerprint density at radius 1 is 1.06 bits per heavy atom. The van der Waals surface area contributed by atoms with Crippen LogP contribution in [0.3, 0.4) is 0 Å². The van der Waals surface area contributed by atoms with E-state index in [-0.39, 0.29) is 36.3 Å². The summed E-state index contributed by atoms with van der Waals surface area (Å²) in [6.07, 6.45) is 3.79. The molecule has 0 aliphatic carbocycles. The van der Waals surface area contributed by atoms with Crippen LogP contribution in [-0.2, 0) is 10.0 Å². The number of sulfonamides is 1. The van der Waals surface area contributed by atoms with Gasteiger partial charge in [-0.25, -0.2) is 13.4 Å². The number of anilines is 1. The molecule has 1 amide bonds. The Bertz CT molecular complexity index is 1300. The van der Waals surface area contributed by atoms with E-state index in [4.69, 9.17) is 11.6 Å². The van der Waals surface area contributed by atoms with Gasteiger partial charge in [0.25, 0.3) is 5.91 Å². The molecule has 0 bridgehead atoms. The molecule has 36 heavy (non-hydrogen) atoms. The monoisotopic (exact) mass is 568 g/mol. The Morgan fingerprint density at radius 3 is 2.25 bits per heavy atom. The maximum atomic E-state index is 13.5. The van der Waals surface area contributed by atoms with Crippen molar-refractivity contribution in [3.8, 4) is 0 Å². The molecule has 0 spiro atoms. The van der Waals surface area contributed by atoms with Crippen molar-refractivity contribution in [1.82, 2.24) is 14.2 Å². The number of benzene rings is 2. The Hall–Kier alpha value is -2.27. The van der Waals surface area contributed by atoms with Crippen molar-refractivity contribution in [2.45, 2.75) is 11.3 Å². The Morgan fingerprint density at radius 2 is 1.69 bits per heavy atom. The molecule has 11 heteroatoms. The topological polar surface area (TPSA) is 73.8 Å². The third-order valence-electron chi connectivity index (χ3n) is 5.23. The fourth-order valence-corrected chi connectivity index (χ4v) is 6.15. The van der Waals surface area contributed by atoms with Crippen LogP contribution in [0.15, 0.2) is 72.7 Å². The summed E-state index contributed by atoms with van der Waals surface area (Å²) in [4.78, 5) is 22.0. The molecular formula is C25H30Cl2N4O3S2. The van der Waals surface area contributed by atoms with Gasteiger partial charge in [0, 0.05) is 25.2 Å². The van der Waals surface area contributed by atoms with Gasteiger partial charge in [-0.15, -0.1) is 25.6 Å². The molecule has 0 atom stereocenters. The van der Waals surface area contributed by atoms with Gasteiger partial charge in [-0.2, -0.15) is 4.31 Å². The molecule has 0 N–H and O–H groups in total. The largest absolute Gasteiger partial charge is 0.309 e. The van der Waals surface area contributed by atoms with E-state index in [0.717, 1.165) is 17.7 Å². The molecule has 0 saturated heterocycles. The van der Waals surface area contributed by atoms with Gasteiger partial charge in [-0.3, -0.25) is 9.69 Å². The van der Waals surface area contributed by atoms with E-state index < -0.39 is 10.0 Å². The summed E-state index contributed by atoms with van der Waals surface area (Å²) in [7, 11) is 0.203. The van der Waals surface area contributed by atoms with E-state index in [1.807, 2.05) is 26.2 Å². The number of hydrogen-bond acceptors (Lipinski definition) is 6. The average Bonchev–Trinajstić information content (AvgIpc) is 3.26. The first-order valence-corrected chi connectivity index (χ1v) is 13.7. The molecule has 0 saturated carbocycles. The number of thiazole rings is 1. The predicted octanol–water partition coefficient (Wildman–Crippen LogP) is 5.33. The number of nitrogens with zero attached hydrogens (tertiary/aromatic N) is 4. The maximum Gasteiger partial charge on any atom is 0.260 e. The summed E-state index contributed by atoms with van der Waals surface area (Å²) in [6, 6.07) is 11.5. The van der Waals surface area contributed by atoms with Gasteiger partial charge < -0.3 is 4.90 Å². The van der Waals surface area contributed by atoms with Crippen molar-refractivity contribution in [1.29, 1.82) is 0 Å². The molecule has 0 radical (unpaired) electrons. The quantitative estimate of drug-likeness (QED) is 0.276. The molecule has 3 rings (SSSR count). The summed E-state index contributed by atoms with van der Waals surface area (Å²) in [5.74, 6) is -0.253. The molecular weight excluding hydrogens is 539 g/mol. The predicted molar refractivity (Wildman–Crippen MR) is 152 cm³/mol. The van der Waals surface area contributed by atoms with Crippen molar-refractivity contribution in [3.05, 3.63) is 78.4 Å². The van der Waals surface area contributed by atoms with Crippen LogP contribution in [0, 0.1) is 0 Å². The normalized spacial score (nSPS) is 11.5. The van der Waals surface area contributed by atoms with E-state index in [2.05, 4.69) is 23.0 Å². The van der Waals surface area contributed by atoms with Crippen molar-refractivity contribution in [2.75, 3.05) is 45.2 Å². The standard InChI is InChI=1S/C25H29ClN4O3S2.ClH/c1-5-15-29(16-6-2)35(32,33)20-13-11-19(12-14-20)24(31)30(18-8-17-28(3)4)25-27-23-21(26)9-7-10-22(23)34-25;/h5-7,9-14H,1-2,8,15-18H2,3-4H3;1H. The number of hydrogen-bond donors (Lipinski definition) is 0. The molecule has 0 fully saturated rings. The van der Waals surface area contributed by atoms with Crippen molar-refractivity contribution in [2.24, 2.45) is 0 Å². The number of halogens is 2. The summed E-state index contributed by atoms with van der Waals surface area (Å²) in [5.41, 5.74) is 1.03. The van der Waals surface area contributed by atoms with E-state index in [9.17, 15) is 13.2 Å². The minimum Gasteiger partial charge on any atom is -0.309 e. The Balaban J connectivity index is 0.00000456. The molecule has 3 aromatic rings. The van der Waals surface area contributed by atoms with Gasteiger partial charge in [-0.1, -0.05) is 41.2 Å². The third kappa shape index (κ3) is 6.94. The van der Waals surface area contributed by atoms with Crippen molar-refractivity contribution < 1.29 is 13.2 Å². The minimum atomic E-state index is -3.75. The highest BCUT2D eigenvalue weighted by molar-refractivity contribution is 7.89. The first-order valence-electron chi connectivity index (χ1n) is 11.0. The zero-order valence-corrected chi connectivity index (χ0v) is 23.5. The molecule has 194 valence electrons. The molecule has 1 aromatic heterocycles. The molecule has 2 aromatic carbocycles. The van der Waals surface area contributed by atoms with Crippen LogP contribution >= 0.6 is 35.3 Å². The SMILES string of the molecule is C=CCN(CC=C)S(=O)(=O)c1ccc(C(=O)N(CCCN(C)C)c2nc3c(Cl)cccc3s2)cc1.Cl. The van der Waals surface area contributed by atoms with Crippen LogP contribution in [0.25, 0.3) is 10.2 Å². The van der Waals surface area contributed by atoms with Gasteiger partial charge in [-0.05, 0) is 63.5 Å². The van der Waals surface area contributed by atoms with Crippen LogP contribution in [0.4, 0.5) is 5.13 Å². The van der Waals surface area contributed by atoms with E-state index >= 15 is 0 Å². The van der Waals surface area contributed by atoms with Crippen LogP contribution in [-0.4, -0.2) is 68.8 Å². The van der Waals surface area contributed by atoms with Crippen LogP contribution in [0.1, 0.15) is 16.8 Å².